The zero-order valence-electron chi connectivity index (χ0n) is 17.4. The van der Waals surface area contributed by atoms with Gasteiger partial charge in [0.25, 0.3) is 0 Å². The van der Waals surface area contributed by atoms with E-state index in [9.17, 15) is 9.59 Å². The fourth-order valence-electron chi connectivity index (χ4n) is 2.82. The fraction of sp³-hybridized carbons (Fsp3) is 0.905. The molecule has 0 aliphatic rings. The second kappa shape index (κ2) is 16.1. The largest absolute Gasteiger partial charge is 0.481 e. The molecule has 0 saturated heterocycles. The maximum atomic E-state index is 11.6. The van der Waals surface area contributed by atoms with Crippen LogP contribution in [0.25, 0.3) is 0 Å². The third-order valence-electron chi connectivity index (χ3n) is 4.55. The molecule has 0 aliphatic carbocycles. The van der Waals surface area contributed by atoms with E-state index in [-0.39, 0.29) is 5.97 Å². The van der Waals surface area contributed by atoms with Gasteiger partial charge in [-0.1, -0.05) is 64.2 Å². The smallest absolute Gasteiger partial charge is 0.305 e. The fourth-order valence-corrected chi connectivity index (χ4v) is 2.82. The number of carbonyl (C=O) groups is 2. The van der Waals surface area contributed by atoms with E-state index in [1.807, 2.05) is 0 Å². The summed E-state index contributed by atoms with van der Waals surface area (Å²) in [6.45, 7) is 1.37. The van der Waals surface area contributed by atoms with Gasteiger partial charge in [-0.15, -0.1) is 0 Å². The van der Waals surface area contributed by atoms with Crippen LogP contribution in [0.1, 0.15) is 89.9 Å². The number of hydrogen-bond donors (Lipinski definition) is 1. The Hall–Kier alpha value is -1.10. The van der Waals surface area contributed by atoms with Gasteiger partial charge < -0.3 is 14.3 Å². The third kappa shape index (κ3) is 20.9. The van der Waals surface area contributed by atoms with Gasteiger partial charge in [0.15, 0.2) is 0 Å². The number of aliphatic carboxylic acids is 1. The number of likely N-dealkylation sites (N-methyl/N-ethyl adjacent to an activating group) is 1. The van der Waals surface area contributed by atoms with Crippen molar-refractivity contribution in [1.29, 1.82) is 0 Å². The summed E-state index contributed by atoms with van der Waals surface area (Å²) >= 11 is 0. The minimum Gasteiger partial charge on any atom is -0.481 e. The Morgan fingerprint density at radius 2 is 1.08 bits per heavy atom. The number of carboxylic acid groups (broad SMARTS) is 1. The quantitative estimate of drug-likeness (QED) is 0.214. The van der Waals surface area contributed by atoms with Gasteiger partial charge >= 0.3 is 11.9 Å². The van der Waals surface area contributed by atoms with Crippen LogP contribution in [-0.2, 0) is 14.3 Å². The summed E-state index contributed by atoms with van der Waals surface area (Å²) in [6, 6.07) is 0. The molecule has 0 aliphatic heterocycles. The highest BCUT2D eigenvalue weighted by atomic mass is 16.5. The maximum Gasteiger partial charge on any atom is 0.305 e. The Morgan fingerprint density at radius 1 is 0.692 bits per heavy atom. The molecule has 5 heteroatoms. The predicted octanol–water partition coefficient (Wildman–Crippen LogP) is 4.78. The normalized spacial score (nSPS) is 11.5. The summed E-state index contributed by atoms with van der Waals surface area (Å²) in [5, 5.41) is 8.56. The van der Waals surface area contributed by atoms with Gasteiger partial charge in [0.2, 0.25) is 0 Å². The third-order valence-corrected chi connectivity index (χ3v) is 4.55. The summed E-state index contributed by atoms with van der Waals surface area (Å²) in [6.07, 6.45) is 14.8. The average molecular weight is 373 g/mol. The Balaban J connectivity index is 3.19. The monoisotopic (exact) mass is 372 g/mol. The molecule has 0 atom stereocenters. The maximum absolute atomic E-state index is 11.6. The first kappa shape index (κ1) is 24.9. The minimum atomic E-state index is -0.679. The number of nitrogens with zero attached hydrogens (tertiary/aromatic N) is 1. The van der Waals surface area contributed by atoms with Gasteiger partial charge in [0.1, 0.15) is 13.2 Å². The number of carbonyl (C=O) groups excluding carboxylic acids is 1. The van der Waals surface area contributed by atoms with Gasteiger partial charge in [0, 0.05) is 12.8 Å². The standard InChI is InChI=1S/C21H41NO4/c1-22(2,3)18-19-26-21(25)17-15-13-11-9-7-5-4-6-8-10-12-14-16-20(23)24/h4-19H2,1-3H3/p+1. The van der Waals surface area contributed by atoms with Crippen molar-refractivity contribution in [3.8, 4) is 0 Å². The molecule has 0 fully saturated rings. The molecule has 26 heavy (non-hydrogen) atoms. The number of unbranched alkanes of at least 4 members (excludes halogenated alkanes) is 11. The van der Waals surface area contributed by atoms with Crippen LogP contribution in [-0.4, -0.2) is 55.8 Å². The molecular weight excluding hydrogens is 330 g/mol. The van der Waals surface area contributed by atoms with Crippen LogP contribution in [0.5, 0.6) is 0 Å². The van der Waals surface area contributed by atoms with Gasteiger partial charge in [-0.25, -0.2) is 0 Å². The van der Waals surface area contributed by atoms with Crippen LogP contribution in [0.15, 0.2) is 0 Å². The summed E-state index contributed by atoms with van der Waals surface area (Å²) in [4.78, 5) is 22.0. The van der Waals surface area contributed by atoms with Crippen LogP contribution in [0.2, 0.25) is 0 Å². The molecular formula is C21H42NO4+. The van der Waals surface area contributed by atoms with Crippen LogP contribution in [0, 0.1) is 0 Å². The Labute approximate surface area is 160 Å². The van der Waals surface area contributed by atoms with E-state index < -0.39 is 5.97 Å². The number of hydrogen-bond acceptors (Lipinski definition) is 3. The van der Waals surface area contributed by atoms with Crippen LogP contribution in [0.3, 0.4) is 0 Å². The van der Waals surface area contributed by atoms with Gasteiger partial charge in [-0.05, 0) is 12.8 Å². The topological polar surface area (TPSA) is 63.6 Å². The summed E-state index contributed by atoms with van der Waals surface area (Å²) in [5.74, 6) is -0.733. The molecule has 1 N–H and O–H groups in total. The highest BCUT2D eigenvalue weighted by Gasteiger charge is 2.09. The minimum absolute atomic E-state index is 0.0539. The lowest BCUT2D eigenvalue weighted by Gasteiger charge is -2.23. The number of rotatable bonds is 18. The van der Waals surface area contributed by atoms with Crippen molar-refractivity contribution < 1.29 is 23.9 Å². The first-order chi connectivity index (χ1) is 12.3. The van der Waals surface area contributed by atoms with E-state index in [2.05, 4.69) is 21.1 Å². The van der Waals surface area contributed by atoms with Crippen molar-refractivity contribution in [2.45, 2.75) is 89.9 Å². The molecule has 5 nitrogen and oxygen atoms in total. The molecule has 0 aromatic carbocycles. The van der Waals surface area contributed by atoms with E-state index in [0.29, 0.717) is 19.4 Å². The second-order valence-electron chi connectivity index (χ2n) is 8.37. The van der Waals surface area contributed by atoms with E-state index in [1.54, 1.807) is 0 Å². The van der Waals surface area contributed by atoms with E-state index in [0.717, 1.165) is 43.1 Å². The zero-order chi connectivity index (χ0) is 19.7. The zero-order valence-corrected chi connectivity index (χ0v) is 17.4. The van der Waals surface area contributed by atoms with Crippen LogP contribution >= 0.6 is 0 Å². The molecule has 154 valence electrons. The van der Waals surface area contributed by atoms with Crippen molar-refractivity contribution in [2.24, 2.45) is 0 Å². The highest BCUT2D eigenvalue weighted by molar-refractivity contribution is 5.69. The molecule has 0 bridgehead atoms. The highest BCUT2D eigenvalue weighted by Crippen LogP contribution is 2.13. The molecule has 0 rings (SSSR count). The lowest BCUT2D eigenvalue weighted by Crippen LogP contribution is -2.37. The van der Waals surface area contributed by atoms with Crippen molar-refractivity contribution in [3.05, 3.63) is 0 Å². The molecule has 0 unspecified atom stereocenters. The van der Waals surface area contributed by atoms with Crippen LogP contribution in [0.4, 0.5) is 0 Å². The average Bonchev–Trinajstić information content (AvgIpc) is 2.53. The van der Waals surface area contributed by atoms with E-state index >= 15 is 0 Å². The lowest BCUT2D eigenvalue weighted by atomic mass is 10.0. The van der Waals surface area contributed by atoms with Gasteiger partial charge in [0.05, 0.1) is 21.1 Å². The molecule has 0 heterocycles. The van der Waals surface area contributed by atoms with E-state index in [1.165, 1.54) is 44.9 Å². The summed E-state index contributed by atoms with van der Waals surface area (Å²) in [5.41, 5.74) is 0. The van der Waals surface area contributed by atoms with Gasteiger partial charge in [-0.3, -0.25) is 9.59 Å². The Bertz CT molecular complexity index is 364. The van der Waals surface area contributed by atoms with Crippen molar-refractivity contribution >= 4 is 11.9 Å². The van der Waals surface area contributed by atoms with Crippen LogP contribution < -0.4 is 0 Å². The molecule has 0 amide bonds. The predicted molar refractivity (Wildman–Crippen MR) is 106 cm³/mol. The molecule has 0 aromatic rings. The summed E-state index contributed by atoms with van der Waals surface area (Å²) in [7, 11) is 6.28. The number of ether oxygens (including phenoxy) is 1. The summed E-state index contributed by atoms with van der Waals surface area (Å²) < 4.78 is 6.07. The molecule has 0 spiro atoms. The Morgan fingerprint density at radius 3 is 1.46 bits per heavy atom. The van der Waals surface area contributed by atoms with E-state index in [4.69, 9.17) is 9.84 Å². The van der Waals surface area contributed by atoms with Crippen molar-refractivity contribution in [2.75, 3.05) is 34.3 Å². The molecule has 0 saturated carbocycles. The number of esters is 1. The number of quaternary nitrogens is 1. The Kier molecular flexibility index (Phi) is 15.4. The first-order valence-electron chi connectivity index (χ1n) is 10.5. The second-order valence-corrected chi connectivity index (χ2v) is 8.37. The van der Waals surface area contributed by atoms with Crippen molar-refractivity contribution in [3.63, 3.8) is 0 Å². The molecule has 0 radical (unpaired) electrons. The molecule has 0 aromatic heterocycles. The first-order valence-corrected chi connectivity index (χ1v) is 10.5. The lowest BCUT2D eigenvalue weighted by molar-refractivity contribution is -0.870. The van der Waals surface area contributed by atoms with Gasteiger partial charge in [-0.2, -0.15) is 0 Å². The SMILES string of the molecule is C[N+](C)(C)CCOC(=O)CCCCCCCCCCCCCCC(=O)O. The number of carboxylic acids is 1. The van der Waals surface area contributed by atoms with Crippen molar-refractivity contribution in [1.82, 2.24) is 0 Å².